The predicted molar refractivity (Wildman–Crippen MR) is 82.0 cm³/mol. The van der Waals surface area contributed by atoms with Crippen LogP contribution in [0.4, 0.5) is 8.78 Å². The summed E-state index contributed by atoms with van der Waals surface area (Å²) >= 11 is 1.55. The summed E-state index contributed by atoms with van der Waals surface area (Å²) in [6.45, 7) is 0.730. The molecule has 2 N–H and O–H groups in total. The first-order valence-electron chi connectivity index (χ1n) is 6.81. The number of unbranched alkanes of at least 4 members (excludes halogenated alkanes) is 1. The standard InChI is InChI=1S/C15H18F2N2OS/c16-13-5-4-12(14(17)7-13)9-20-6-2-1-3-11-8-19-15(18)21-10-11/h4-5,7-8H,1-3,6,9-10H2,(H2,18,19). The number of amidine groups is 1. The van der Waals surface area contributed by atoms with Gasteiger partial charge in [0.05, 0.1) is 6.61 Å². The summed E-state index contributed by atoms with van der Waals surface area (Å²) in [6, 6.07) is 3.52. The third-order valence-electron chi connectivity index (χ3n) is 3.09. The van der Waals surface area contributed by atoms with Crippen LogP contribution in [0.5, 0.6) is 0 Å². The Morgan fingerprint density at radius 3 is 2.86 bits per heavy atom. The number of nitrogens with zero attached hydrogens (tertiary/aromatic N) is 1. The van der Waals surface area contributed by atoms with E-state index in [-0.39, 0.29) is 6.61 Å². The number of rotatable bonds is 7. The van der Waals surface area contributed by atoms with Gasteiger partial charge in [0.25, 0.3) is 0 Å². The maximum absolute atomic E-state index is 13.3. The van der Waals surface area contributed by atoms with Gasteiger partial charge in [0.1, 0.15) is 11.6 Å². The zero-order valence-electron chi connectivity index (χ0n) is 11.6. The van der Waals surface area contributed by atoms with Crippen LogP contribution in [-0.2, 0) is 11.3 Å². The number of hydrogen-bond acceptors (Lipinski definition) is 4. The van der Waals surface area contributed by atoms with Crippen molar-refractivity contribution in [1.82, 2.24) is 0 Å². The molecule has 0 unspecified atom stereocenters. The minimum absolute atomic E-state index is 0.172. The highest BCUT2D eigenvalue weighted by Crippen LogP contribution is 2.19. The predicted octanol–water partition coefficient (Wildman–Crippen LogP) is 3.60. The maximum Gasteiger partial charge on any atom is 0.158 e. The van der Waals surface area contributed by atoms with Crippen LogP contribution in [-0.4, -0.2) is 17.5 Å². The van der Waals surface area contributed by atoms with Gasteiger partial charge in [-0.15, -0.1) is 0 Å². The number of aliphatic imine (C=N–C) groups is 1. The van der Waals surface area contributed by atoms with E-state index >= 15 is 0 Å². The number of benzene rings is 1. The summed E-state index contributed by atoms with van der Waals surface area (Å²) in [6.07, 6.45) is 4.69. The Bertz CT molecular complexity index is 546. The zero-order chi connectivity index (χ0) is 15.1. The average Bonchev–Trinajstić information content (AvgIpc) is 2.46. The monoisotopic (exact) mass is 312 g/mol. The quantitative estimate of drug-likeness (QED) is 0.783. The van der Waals surface area contributed by atoms with Gasteiger partial charge in [-0.25, -0.2) is 13.8 Å². The van der Waals surface area contributed by atoms with Crippen LogP contribution >= 0.6 is 11.8 Å². The molecule has 2 rings (SSSR count). The molecule has 0 amide bonds. The molecule has 1 heterocycles. The first-order valence-corrected chi connectivity index (χ1v) is 7.79. The van der Waals surface area contributed by atoms with Crippen LogP contribution < -0.4 is 5.73 Å². The summed E-state index contributed by atoms with van der Waals surface area (Å²) in [5.74, 6) is -0.232. The van der Waals surface area contributed by atoms with E-state index in [4.69, 9.17) is 10.5 Å². The maximum atomic E-state index is 13.3. The van der Waals surface area contributed by atoms with Crippen molar-refractivity contribution < 1.29 is 13.5 Å². The van der Waals surface area contributed by atoms with Crippen LogP contribution in [0.15, 0.2) is 35.0 Å². The molecular weight excluding hydrogens is 294 g/mol. The SMILES string of the molecule is NC1=NC=C(CCCCOCc2ccc(F)cc2F)CS1. The van der Waals surface area contributed by atoms with Crippen molar-refractivity contribution >= 4 is 16.9 Å². The van der Waals surface area contributed by atoms with Gasteiger partial charge in [-0.1, -0.05) is 17.8 Å². The zero-order valence-corrected chi connectivity index (χ0v) is 12.5. The molecule has 3 nitrogen and oxygen atoms in total. The van der Waals surface area contributed by atoms with Crippen LogP contribution in [0.3, 0.4) is 0 Å². The number of ether oxygens (including phenoxy) is 1. The highest BCUT2D eigenvalue weighted by atomic mass is 32.2. The van der Waals surface area contributed by atoms with Gasteiger partial charge in [-0.2, -0.15) is 0 Å². The molecule has 0 aliphatic carbocycles. The summed E-state index contributed by atoms with van der Waals surface area (Å²) in [5, 5.41) is 0.614. The summed E-state index contributed by atoms with van der Waals surface area (Å²) in [5.41, 5.74) is 7.22. The van der Waals surface area contributed by atoms with Crippen LogP contribution in [0.25, 0.3) is 0 Å². The smallest absolute Gasteiger partial charge is 0.158 e. The van der Waals surface area contributed by atoms with Gasteiger partial charge in [-0.05, 0) is 30.9 Å². The molecule has 0 saturated heterocycles. The van der Waals surface area contributed by atoms with Crippen molar-refractivity contribution in [3.8, 4) is 0 Å². The van der Waals surface area contributed by atoms with Crippen molar-refractivity contribution in [2.24, 2.45) is 10.7 Å². The lowest BCUT2D eigenvalue weighted by molar-refractivity contribution is 0.115. The minimum atomic E-state index is -0.571. The molecule has 0 spiro atoms. The second kappa shape index (κ2) is 8.14. The van der Waals surface area contributed by atoms with Crippen molar-refractivity contribution in [1.29, 1.82) is 0 Å². The Kier molecular flexibility index (Phi) is 6.20. The first kappa shape index (κ1) is 16.0. The van der Waals surface area contributed by atoms with Crippen molar-refractivity contribution in [2.45, 2.75) is 25.9 Å². The lowest BCUT2D eigenvalue weighted by Crippen LogP contribution is -2.10. The molecule has 0 atom stereocenters. The molecule has 114 valence electrons. The molecule has 0 bridgehead atoms. The van der Waals surface area contributed by atoms with E-state index in [1.165, 1.54) is 17.7 Å². The molecule has 0 saturated carbocycles. The first-order chi connectivity index (χ1) is 10.1. The van der Waals surface area contributed by atoms with Crippen molar-refractivity contribution in [3.63, 3.8) is 0 Å². The Hall–Kier alpha value is -1.40. The Morgan fingerprint density at radius 1 is 1.29 bits per heavy atom. The molecule has 1 aliphatic rings. The minimum Gasteiger partial charge on any atom is -0.378 e. The average molecular weight is 312 g/mol. The molecule has 0 fully saturated rings. The second-order valence-electron chi connectivity index (χ2n) is 4.79. The Balaban J connectivity index is 1.60. The van der Waals surface area contributed by atoms with Gasteiger partial charge >= 0.3 is 0 Å². The number of nitrogens with two attached hydrogens (primary N) is 1. The fraction of sp³-hybridized carbons (Fsp3) is 0.400. The van der Waals surface area contributed by atoms with E-state index in [0.29, 0.717) is 17.3 Å². The number of thioether (sulfide) groups is 1. The van der Waals surface area contributed by atoms with Gasteiger partial charge < -0.3 is 10.5 Å². The van der Waals surface area contributed by atoms with Gasteiger partial charge in [-0.3, -0.25) is 0 Å². The summed E-state index contributed by atoms with van der Waals surface area (Å²) in [4.78, 5) is 4.07. The Labute approximate surface area is 127 Å². The lowest BCUT2D eigenvalue weighted by Gasteiger charge is -2.10. The summed E-state index contributed by atoms with van der Waals surface area (Å²) in [7, 11) is 0. The van der Waals surface area contributed by atoms with Gasteiger partial charge in [0.2, 0.25) is 0 Å². The highest BCUT2D eigenvalue weighted by molar-refractivity contribution is 8.14. The lowest BCUT2D eigenvalue weighted by atomic mass is 10.1. The van der Waals surface area contributed by atoms with E-state index in [2.05, 4.69) is 4.99 Å². The van der Waals surface area contributed by atoms with Gasteiger partial charge in [0, 0.05) is 30.2 Å². The number of hydrogen-bond donors (Lipinski definition) is 1. The van der Waals surface area contributed by atoms with E-state index in [0.717, 1.165) is 31.1 Å². The topological polar surface area (TPSA) is 47.6 Å². The normalized spacial score (nSPS) is 14.8. The third-order valence-corrected chi connectivity index (χ3v) is 4.01. The van der Waals surface area contributed by atoms with E-state index < -0.39 is 11.6 Å². The summed E-state index contributed by atoms with van der Waals surface area (Å²) < 4.78 is 31.5. The van der Waals surface area contributed by atoms with Crippen LogP contribution in [0.1, 0.15) is 24.8 Å². The van der Waals surface area contributed by atoms with E-state index in [9.17, 15) is 8.78 Å². The van der Waals surface area contributed by atoms with E-state index in [1.54, 1.807) is 11.8 Å². The molecule has 0 radical (unpaired) electrons. The highest BCUT2D eigenvalue weighted by Gasteiger charge is 2.06. The third kappa shape index (κ3) is 5.47. The fourth-order valence-electron chi connectivity index (χ4n) is 1.91. The van der Waals surface area contributed by atoms with Gasteiger partial charge in [0.15, 0.2) is 5.17 Å². The molecule has 1 aromatic carbocycles. The van der Waals surface area contributed by atoms with Crippen molar-refractivity contribution in [3.05, 3.63) is 47.2 Å². The number of halogens is 2. The van der Waals surface area contributed by atoms with Crippen molar-refractivity contribution in [2.75, 3.05) is 12.4 Å². The van der Waals surface area contributed by atoms with Crippen LogP contribution in [0, 0.1) is 11.6 Å². The molecular formula is C15H18F2N2OS. The molecule has 6 heteroatoms. The molecule has 21 heavy (non-hydrogen) atoms. The molecule has 1 aromatic rings. The van der Waals surface area contributed by atoms with Crippen LogP contribution in [0.2, 0.25) is 0 Å². The fourth-order valence-corrected chi connectivity index (χ4v) is 2.59. The Morgan fingerprint density at radius 2 is 2.14 bits per heavy atom. The molecule has 1 aliphatic heterocycles. The second-order valence-corrected chi connectivity index (χ2v) is 5.78. The molecule has 0 aromatic heterocycles. The van der Waals surface area contributed by atoms with E-state index in [1.807, 2.05) is 6.20 Å². The largest absolute Gasteiger partial charge is 0.378 e.